The lowest BCUT2D eigenvalue weighted by Crippen LogP contribution is -2.25. The van der Waals surface area contributed by atoms with Crippen LogP contribution in [0, 0.1) is 0 Å². The van der Waals surface area contributed by atoms with E-state index in [1.54, 1.807) is 16.7 Å². The van der Waals surface area contributed by atoms with Crippen LogP contribution >= 0.6 is 0 Å². The summed E-state index contributed by atoms with van der Waals surface area (Å²) in [4.78, 5) is 0. The summed E-state index contributed by atoms with van der Waals surface area (Å²) in [6, 6.07) is 0. The minimum absolute atomic E-state index is 1.11. The van der Waals surface area contributed by atoms with Gasteiger partial charge in [-0.15, -0.1) is 0 Å². The molecule has 0 amide bonds. The van der Waals surface area contributed by atoms with E-state index in [-0.39, 0.29) is 0 Å². The molecule has 1 heteroatoms. The quantitative estimate of drug-likeness (QED) is 0.626. The summed E-state index contributed by atoms with van der Waals surface area (Å²) in [7, 11) is 0. The van der Waals surface area contributed by atoms with Gasteiger partial charge in [0, 0.05) is 6.54 Å². The number of hydrogen-bond acceptors (Lipinski definition) is 1. The topological polar surface area (TPSA) is 12.0 Å². The minimum atomic E-state index is 1.11. The Morgan fingerprint density at radius 1 is 1.33 bits per heavy atom. The summed E-state index contributed by atoms with van der Waals surface area (Å²) in [6.07, 6.45) is 7.64. The van der Waals surface area contributed by atoms with Crippen LogP contribution in [0.4, 0.5) is 0 Å². The van der Waals surface area contributed by atoms with Crippen LogP contribution in [0.25, 0.3) is 0 Å². The lowest BCUT2D eigenvalue weighted by molar-refractivity contribution is 0.677. The smallest absolute Gasteiger partial charge is 0.0207 e. The summed E-state index contributed by atoms with van der Waals surface area (Å²) in [5.74, 6) is 0. The highest BCUT2D eigenvalue weighted by Gasteiger charge is 2.14. The van der Waals surface area contributed by atoms with Crippen molar-refractivity contribution < 1.29 is 0 Å². The van der Waals surface area contributed by atoms with Crippen LogP contribution in [0.2, 0.25) is 0 Å². The van der Waals surface area contributed by atoms with Crippen molar-refractivity contribution in [3.05, 3.63) is 22.8 Å². The summed E-state index contributed by atoms with van der Waals surface area (Å²) in [6.45, 7) is 4.57. The number of allylic oxidation sites excluding steroid dienone is 1. The second-order valence-corrected chi connectivity index (χ2v) is 3.81. The first-order chi connectivity index (χ1) is 5.88. The van der Waals surface area contributed by atoms with Gasteiger partial charge in [0.2, 0.25) is 0 Å². The Labute approximate surface area is 74.5 Å². The molecule has 0 spiro atoms. The van der Waals surface area contributed by atoms with E-state index in [2.05, 4.69) is 18.3 Å². The molecule has 66 valence electrons. The lowest BCUT2D eigenvalue weighted by Gasteiger charge is -2.19. The van der Waals surface area contributed by atoms with Crippen molar-refractivity contribution >= 4 is 0 Å². The molecule has 0 atom stereocenters. The van der Waals surface area contributed by atoms with Crippen molar-refractivity contribution in [2.24, 2.45) is 0 Å². The Bertz CT molecular complexity index is 233. The molecule has 0 aromatic rings. The number of nitrogens with one attached hydrogen (secondary N) is 1. The first-order valence-electron chi connectivity index (χ1n) is 4.96. The SMILES string of the molecule is CC1=C(C2=CCCC2)CNCC1. The monoisotopic (exact) mass is 163 g/mol. The molecular weight excluding hydrogens is 146 g/mol. The molecule has 1 aliphatic carbocycles. The van der Waals surface area contributed by atoms with Crippen molar-refractivity contribution in [1.29, 1.82) is 0 Å². The molecule has 0 saturated carbocycles. The highest BCUT2D eigenvalue weighted by Crippen LogP contribution is 2.28. The zero-order valence-electron chi connectivity index (χ0n) is 7.82. The maximum absolute atomic E-state index is 3.44. The molecule has 2 rings (SSSR count). The van der Waals surface area contributed by atoms with Crippen LogP contribution in [0.3, 0.4) is 0 Å². The van der Waals surface area contributed by atoms with Crippen LogP contribution in [0.15, 0.2) is 22.8 Å². The Hall–Kier alpha value is -0.560. The number of rotatable bonds is 1. The number of hydrogen-bond donors (Lipinski definition) is 1. The van der Waals surface area contributed by atoms with Crippen molar-refractivity contribution in [2.45, 2.75) is 32.6 Å². The maximum Gasteiger partial charge on any atom is 0.0207 e. The van der Waals surface area contributed by atoms with Crippen molar-refractivity contribution in [1.82, 2.24) is 5.32 Å². The van der Waals surface area contributed by atoms with E-state index < -0.39 is 0 Å². The summed E-state index contributed by atoms with van der Waals surface area (Å²) >= 11 is 0. The fourth-order valence-electron chi connectivity index (χ4n) is 2.12. The third kappa shape index (κ3) is 1.46. The van der Waals surface area contributed by atoms with Crippen molar-refractivity contribution in [3.8, 4) is 0 Å². The van der Waals surface area contributed by atoms with Crippen molar-refractivity contribution in [3.63, 3.8) is 0 Å². The Balaban J connectivity index is 2.19. The summed E-state index contributed by atoms with van der Waals surface area (Å²) in [5.41, 5.74) is 4.85. The molecular formula is C11H17N. The first-order valence-corrected chi connectivity index (χ1v) is 4.96. The van der Waals surface area contributed by atoms with E-state index in [1.165, 1.54) is 32.2 Å². The average molecular weight is 163 g/mol. The normalized spacial score (nSPS) is 24.6. The molecule has 12 heavy (non-hydrogen) atoms. The van der Waals surface area contributed by atoms with Gasteiger partial charge < -0.3 is 5.32 Å². The van der Waals surface area contributed by atoms with E-state index in [1.807, 2.05) is 0 Å². The molecule has 0 unspecified atom stereocenters. The van der Waals surface area contributed by atoms with Gasteiger partial charge in [0.05, 0.1) is 0 Å². The predicted molar refractivity (Wildman–Crippen MR) is 52.1 cm³/mol. The summed E-state index contributed by atoms with van der Waals surface area (Å²) in [5, 5.41) is 3.44. The Morgan fingerprint density at radius 2 is 2.25 bits per heavy atom. The molecule has 1 heterocycles. The molecule has 1 nitrogen and oxygen atoms in total. The maximum atomic E-state index is 3.44. The second-order valence-electron chi connectivity index (χ2n) is 3.81. The van der Waals surface area contributed by atoms with E-state index in [0.29, 0.717) is 0 Å². The summed E-state index contributed by atoms with van der Waals surface area (Å²) < 4.78 is 0. The molecule has 1 N–H and O–H groups in total. The van der Waals surface area contributed by atoms with Gasteiger partial charge in [-0.1, -0.05) is 11.6 Å². The Kier molecular flexibility index (Phi) is 2.31. The van der Waals surface area contributed by atoms with Gasteiger partial charge in [-0.3, -0.25) is 0 Å². The van der Waals surface area contributed by atoms with Gasteiger partial charge in [0.15, 0.2) is 0 Å². The highest BCUT2D eigenvalue weighted by atomic mass is 14.9. The second kappa shape index (κ2) is 3.44. The van der Waals surface area contributed by atoms with E-state index >= 15 is 0 Å². The molecule has 0 bridgehead atoms. The molecule has 1 aliphatic heterocycles. The van der Waals surface area contributed by atoms with Crippen LogP contribution in [0.5, 0.6) is 0 Å². The highest BCUT2D eigenvalue weighted by molar-refractivity contribution is 5.38. The fourth-order valence-corrected chi connectivity index (χ4v) is 2.12. The van der Waals surface area contributed by atoms with Gasteiger partial charge in [-0.25, -0.2) is 0 Å². The first kappa shape index (κ1) is 8.06. The fraction of sp³-hybridized carbons (Fsp3) is 0.636. The van der Waals surface area contributed by atoms with Gasteiger partial charge in [-0.2, -0.15) is 0 Å². The zero-order valence-corrected chi connectivity index (χ0v) is 7.82. The largest absolute Gasteiger partial charge is 0.312 e. The molecule has 0 aromatic heterocycles. The van der Waals surface area contributed by atoms with E-state index in [0.717, 1.165) is 6.54 Å². The molecule has 2 aliphatic rings. The zero-order chi connectivity index (χ0) is 8.39. The molecule has 0 saturated heterocycles. The van der Waals surface area contributed by atoms with Crippen LogP contribution in [0.1, 0.15) is 32.6 Å². The third-order valence-corrected chi connectivity index (χ3v) is 2.92. The van der Waals surface area contributed by atoms with Crippen LogP contribution in [-0.2, 0) is 0 Å². The predicted octanol–water partition coefficient (Wildman–Crippen LogP) is 2.41. The molecule has 0 radical (unpaired) electrons. The van der Waals surface area contributed by atoms with Gasteiger partial charge in [0.25, 0.3) is 0 Å². The van der Waals surface area contributed by atoms with Crippen molar-refractivity contribution in [2.75, 3.05) is 13.1 Å². The van der Waals surface area contributed by atoms with Gasteiger partial charge in [0.1, 0.15) is 0 Å². The molecule has 0 aromatic carbocycles. The third-order valence-electron chi connectivity index (χ3n) is 2.92. The average Bonchev–Trinajstić information content (AvgIpc) is 2.57. The van der Waals surface area contributed by atoms with Crippen LogP contribution < -0.4 is 5.32 Å². The standard InChI is InChI=1S/C11H17N/c1-9-6-7-12-8-11(9)10-4-2-3-5-10/h4,12H,2-3,5-8H2,1H3. The molecule has 0 fully saturated rings. The van der Waals surface area contributed by atoms with Gasteiger partial charge >= 0.3 is 0 Å². The van der Waals surface area contributed by atoms with Crippen LogP contribution in [-0.4, -0.2) is 13.1 Å². The van der Waals surface area contributed by atoms with Gasteiger partial charge in [-0.05, 0) is 50.3 Å². The Morgan fingerprint density at radius 3 is 2.92 bits per heavy atom. The van der Waals surface area contributed by atoms with E-state index in [9.17, 15) is 0 Å². The minimum Gasteiger partial charge on any atom is -0.312 e. The lowest BCUT2D eigenvalue weighted by atomic mass is 9.96. The van der Waals surface area contributed by atoms with E-state index in [4.69, 9.17) is 0 Å².